The number of anilines is 3. The third-order valence-corrected chi connectivity index (χ3v) is 13.0. The molecule has 3 N–H and O–H groups in total. The second kappa shape index (κ2) is 13.5. The van der Waals surface area contributed by atoms with Gasteiger partial charge in [-0.2, -0.15) is 0 Å². The zero-order chi connectivity index (χ0) is 36.4. The van der Waals surface area contributed by atoms with E-state index in [2.05, 4.69) is 61.0 Å². The number of thiophene rings is 1. The Morgan fingerprint density at radius 2 is 1.70 bits per heavy atom. The second-order valence-electron chi connectivity index (χ2n) is 15.1. The number of piperidine rings is 2. The van der Waals surface area contributed by atoms with Crippen molar-refractivity contribution < 1.29 is 14.4 Å². The molecule has 7 heterocycles. The van der Waals surface area contributed by atoms with Crippen LogP contribution in [0.25, 0.3) is 32.0 Å². The van der Waals surface area contributed by atoms with Crippen LogP contribution in [-0.2, 0) is 16.6 Å². The summed E-state index contributed by atoms with van der Waals surface area (Å²) in [7, 11) is 1.74. The van der Waals surface area contributed by atoms with Gasteiger partial charge in [0.15, 0.2) is 0 Å². The average molecular weight is 736 g/mol. The van der Waals surface area contributed by atoms with Gasteiger partial charge in [0.05, 0.1) is 22.2 Å². The summed E-state index contributed by atoms with van der Waals surface area (Å²) in [6.45, 7) is 9.65. The highest BCUT2D eigenvalue weighted by Gasteiger charge is 2.32. The van der Waals surface area contributed by atoms with Gasteiger partial charge in [-0.1, -0.05) is 0 Å². The fourth-order valence-corrected chi connectivity index (χ4v) is 9.81. The summed E-state index contributed by atoms with van der Waals surface area (Å²) in [5.74, 6) is 1.01. The normalized spacial score (nSPS) is 21.9. The van der Waals surface area contributed by atoms with E-state index in [9.17, 15) is 19.2 Å². The number of imidazole rings is 1. The Labute approximate surface area is 310 Å². The van der Waals surface area contributed by atoms with Crippen LogP contribution in [0, 0.1) is 5.92 Å². The van der Waals surface area contributed by atoms with Gasteiger partial charge in [-0.25, -0.2) is 9.78 Å². The Morgan fingerprint density at radius 3 is 2.49 bits per heavy atom. The number of pyridine rings is 1. The molecule has 3 fully saturated rings. The van der Waals surface area contributed by atoms with Crippen LogP contribution < -0.4 is 31.4 Å². The van der Waals surface area contributed by atoms with Crippen LogP contribution in [-0.4, -0.2) is 95.1 Å². The number of aromatic nitrogens is 3. The Bertz CT molecular complexity index is 2330. The summed E-state index contributed by atoms with van der Waals surface area (Å²) in [6, 6.07) is 14.0. The number of nitrogens with one attached hydrogen (secondary N) is 3. The van der Waals surface area contributed by atoms with E-state index >= 15 is 0 Å². The molecule has 53 heavy (non-hydrogen) atoms. The number of benzene rings is 2. The van der Waals surface area contributed by atoms with E-state index in [0.717, 1.165) is 107 Å². The third kappa shape index (κ3) is 6.11. The first-order chi connectivity index (χ1) is 25.7. The summed E-state index contributed by atoms with van der Waals surface area (Å²) < 4.78 is 4.25. The third-order valence-electron chi connectivity index (χ3n) is 11.8. The maximum Gasteiger partial charge on any atom is 0.329 e. The number of amides is 3. The summed E-state index contributed by atoms with van der Waals surface area (Å²) >= 11 is 1.54. The number of fused-ring (bicyclic) bond motifs is 6. The summed E-state index contributed by atoms with van der Waals surface area (Å²) in [5, 5.41) is 11.2. The molecular formula is C39H45N9O4S. The highest BCUT2D eigenvalue weighted by molar-refractivity contribution is 7.21. The van der Waals surface area contributed by atoms with E-state index in [1.807, 2.05) is 19.1 Å². The number of piperazine rings is 1. The Kier molecular flexibility index (Phi) is 8.61. The minimum absolute atomic E-state index is 0.00724. The van der Waals surface area contributed by atoms with Gasteiger partial charge in [0.1, 0.15) is 16.7 Å². The Morgan fingerprint density at radius 1 is 0.887 bits per heavy atom. The Balaban J connectivity index is 0.791. The molecule has 0 saturated carbocycles. The van der Waals surface area contributed by atoms with Crippen molar-refractivity contribution in [2.45, 2.75) is 51.1 Å². The largest absolute Gasteiger partial charge is 0.381 e. The van der Waals surface area contributed by atoms with Gasteiger partial charge in [-0.3, -0.25) is 33.7 Å². The van der Waals surface area contributed by atoms with E-state index in [1.54, 1.807) is 23.0 Å². The second-order valence-corrected chi connectivity index (χ2v) is 16.2. The fraction of sp³-hybridized carbons (Fsp3) is 0.462. The molecule has 9 rings (SSSR count). The van der Waals surface area contributed by atoms with Gasteiger partial charge in [0.25, 0.3) is 5.91 Å². The highest BCUT2D eigenvalue weighted by atomic mass is 32.1. The summed E-state index contributed by atoms with van der Waals surface area (Å²) in [5.41, 5.74) is 4.24. The van der Waals surface area contributed by atoms with E-state index in [4.69, 9.17) is 4.98 Å². The molecule has 0 spiro atoms. The first-order valence-corrected chi connectivity index (χ1v) is 19.7. The lowest BCUT2D eigenvalue weighted by Gasteiger charge is -2.38. The van der Waals surface area contributed by atoms with Gasteiger partial charge in [0, 0.05) is 86.5 Å². The van der Waals surface area contributed by atoms with Crippen molar-refractivity contribution in [1.29, 1.82) is 0 Å². The van der Waals surface area contributed by atoms with Crippen LogP contribution in [0.2, 0.25) is 0 Å². The van der Waals surface area contributed by atoms with E-state index in [0.29, 0.717) is 24.4 Å². The molecule has 0 radical (unpaired) electrons. The zero-order valence-electron chi connectivity index (χ0n) is 30.2. The number of aryl methyl sites for hydroxylation is 1. The van der Waals surface area contributed by atoms with Crippen molar-refractivity contribution in [2.24, 2.45) is 13.0 Å². The molecule has 1 unspecified atom stereocenters. The minimum atomic E-state index is -0.677. The Hall–Kier alpha value is -4.95. The maximum absolute atomic E-state index is 13.2. The predicted molar refractivity (Wildman–Crippen MR) is 209 cm³/mol. The number of imide groups is 1. The van der Waals surface area contributed by atoms with E-state index in [-0.39, 0.29) is 30.0 Å². The monoisotopic (exact) mass is 735 g/mol. The van der Waals surface area contributed by atoms with Gasteiger partial charge >= 0.3 is 5.69 Å². The van der Waals surface area contributed by atoms with Gasteiger partial charge in [0.2, 0.25) is 11.8 Å². The lowest BCUT2D eigenvalue weighted by molar-refractivity contribution is -0.135. The van der Waals surface area contributed by atoms with Crippen LogP contribution in [0.3, 0.4) is 0 Å². The molecule has 0 bridgehead atoms. The number of nitrogens with zero attached hydrogens (tertiary/aromatic N) is 6. The van der Waals surface area contributed by atoms with E-state index < -0.39 is 11.9 Å². The lowest BCUT2D eigenvalue weighted by atomic mass is 9.93. The summed E-state index contributed by atoms with van der Waals surface area (Å²) in [4.78, 5) is 63.5. The van der Waals surface area contributed by atoms with Gasteiger partial charge in [-0.05, 0) is 87.5 Å². The van der Waals surface area contributed by atoms with Crippen molar-refractivity contribution in [3.8, 4) is 0 Å². The van der Waals surface area contributed by atoms with Crippen molar-refractivity contribution in [3.63, 3.8) is 0 Å². The highest BCUT2D eigenvalue weighted by Crippen LogP contribution is 2.41. The molecule has 4 aliphatic rings. The topological polar surface area (TPSA) is 137 Å². The zero-order valence-corrected chi connectivity index (χ0v) is 31.0. The lowest BCUT2D eigenvalue weighted by Crippen LogP contribution is -2.47. The first-order valence-electron chi connectivity index (χ1n) is 18.9. The molecule has 5 aromatic rings. The number of carbonyl (C=O) groups excluding carboxylic acids is 3. The molecule has 13 nitrogen and oxygen atoms in total. The number of hydrogen-bond donors (Lipinski definition) is 3. The van der Waals surface area contributed by atoms with Crippen molar-refractivity contribution in [3.05, 3.63) is 57.8 Å². The maximum atomic E-state index is 13.2. The molecule has 4 aliphatic heterocycles. The quantitative estimate of drug-likeness (QED) is 0.221. The van der Waals surface area contributed by atoms with Crippen LogP contribution in [0.15, 0.2) is 47.3 Å². The van der Waals surface area contributed by atoms with Crippen LogP contribution in [0.5, 0.6) is 0 Å². The first kappa shape index (κ1) is 33.9. The molecule has 3 saturated heterocycles. The van der Waals surface area contributed by atoms with Crippen LogP contribution in [0.1, 0.15) is 54.7 Å². The SMILES string of the molecule is C[C@@H]1CNc2c(sc3ccc4nc(N5CCC(CCN6CCN(c7ccc8c(c7)n(C)c(=O)n8C7CCC(=O)NC7=O)CC6)CC5)ccc4c23)C(=O)N1. The van der Waals surface area contributed by atoms with Gasteiger partial charge in [-0.15, -0.1) is 11.3 Å². The fourth-order valence-electron chi connectivity index (χ4n) is 8.71. The molecule has 2 aromatic carbocycles. The molecule has 14 heteroatoms. The molecular weight excluding hydrogens is 691 g/mol. The minimum Gasteiger partial charge on any atom is -0.381 e. The predicted octanol–water partition coefficient (Wildman–Crippen LogP) is 4.05. The number of rotatable bonds is 6. The smallest absolute Gasteiger partial charge is 0.329 e. The van der Waals surface area contributed by atoms with Crippen molar-refractivity contribution in [1.82, 2.24) is 29.7 Å². The van der Waals surface area contributed by atoms with Gasteiger partial charge < -0.3 is 20.4 Å². The van der Waals surface area contributed by atoms with Crippen LogP contribution >= 0.6 is 11.3 Å². The molecule has 3 amide bonds. The molecule has 3 aromatic heterocycles. The average Bonchev–Trinajstić information content (AvgIpc) is 3.62. The molecule has 2 atom stereocenters. The molecule has 0 aliphatic carbocycles. The van der Waals surface area contributed by atoms with Crippen molar-refractivity contribution >= 4 is 78.3 Å². The number of carbonyl (C=O) groups is 3. The van der Waals surface area contributed by atoms with E-state index in [1.165, 1.54) is 11.0 Å². The molecule has 276 valence electrons. The summed E-state index contributed by atoms with van der Waals surface area (Å²) in [6.07, 6.45) is 4.07. The van der Waals surface area contributed by atoms with Crippen LogP contribution in [0.4, 0.5) is 17.2 Å². The van der Waals surface area contributed by atoms with Crippen molar-refractivity contribution in [2.75, 3.05) is 67.5 Å². The number of hydrogen-bond acceptors (Lipinski definition) is 10. The standard InChI is InChI=1S/C39H45N9O4S/c1-23-22-40-35-34-26-4-9-32(42-27(26)5-8-31(34)53-36(35)38(51)41-23)47-15-12-24(13-16-47)11-14-45-17-19-46(20-18-45)25-3-6-28-30(21-25)44(2)39(52)48(28)29-7-10-33(49)43-37(29)50/h3-6,8-9,21,23-24,29,40H,7,10-20,22H2,1-2H3,(H,41,51)(H,43,49,50)/t23-,29?/m1/s1.